The van der Waals surface area contributed by atoms with Gasteiger partial charge in [-0.2, -0.15) is 0 Å². The van der Waals surface area contributed by atoms with E-state index in [1.807, 2.05) is 12.1 Å². The molecule has 3 saturated carbocycles. The molecule has 7 atom stereocenters. The minimum atomic E-state index is -0.442. The van der Waals surface area contributed by atoms with E-state index in [1.165, 1.54) is 11.6 Å². The molecular formula is C26H33FO2. The van der Waals surface area contributed by atoms with Crippen LogP contribution >= 0.6 is 0 Å². The smallest absolute Gasteiger partial charge is 0.123 e. The molecule has 3 fully saturated rings. The van der Waals surface area contributed by atoms with Crippen LogP contribution in [0.5, 0.6) is 0 Å². The minimum absolute atomic E-state index is 0.0871. The van der Waals surface area contributed by atoms with Crippen LogP contribution in [-0.4, -0.2) is 22.4 Å². The van der Waals surface area contributed by atoms with Crippen molar-refractivity contribution in [2.75, 3.05) is 0 Å². The lowest BCUT2D eigenvalue weighted by Gasteiger charge is -2.57. The Bertz CT molecular complexity index is 873. The van der Waals surface area contributed by atoms with Crippen LogP contribution in [0.15, 0.2) is 41.5 Å². The van der Waals surface area contributed by atoms with Crippen molar-refractivity contribution in [3.8, 4) is 0 Å². The number of hydrogen-bond acceptors (Lipinski definition) is 2. The lowest BCUT2D eigenvalue weighted by Crippen LogP contribution is -2.51. The van der Waals surface area contributed by atoms with Crippen molar-refractivity contribution in [3.63, 3.8) is 0 Å². The van der Waals surface area contributed by atoms with Gasteiger partial charge in [-0.25, -0.2) is 4.39 Å². The van der Waals surface area contributed by atoms with Gasteiger partial charge in [0.25, 0.3) is 0 Å². The molecule has 0 amide bonds. The largest absolute Gasteiger partial charge is 0.393 e. The average molecular weight is 397 g/mol. The molecule has 0 unspecified atom stereocenters. The van der Waals surface area contributed by atoms with Gasteiger partial charge in [-0.15, -0.1) is 0 Å². The molecule has 0 saturated heterocycles. The molecule has 2 N–H and O–H groups in total. The Hall–Kier alpha value is -1.45. The fourth-order valence-electron chi connectivity index (χ4n) is 7.45. The van der Waals surface area contributed by atoms with Crippen molar-refractivity contribution in [1.82, 2.24) is 0 Å². The number of hydrogen-bond donors (Lipinski definition) is 2. The molecule has 156 valence electrons. The van der Waals surface area contributed by atoms with Crippen molar-refractivity contribution in [2.24, 2.45) is 28.6 Å². The fourth-order valence-corrected chi connectivity index (χ4v) is 7.45. The fraction of sp³-hybridized carbons (Fsp3) is 0.615. The molecular weight excluding hydrogens is 363 g/mol. The number of allylic oxidation sites excluding steroid dienone is 1. The van der Waals surface area contributed by atoms with Crippen LogP contribution in [0.25, 0.3) is 6.08 Å². The van der Waals surface area contributed by atoms with Crippen molar-refractivity contribution < 1.29 is 14.6 Å². The monoisotopic (exact) mass is 396 g/mol. The van der Waals surface area contributed by atoms with E-state index in [2.05, 4.69) is 19.9 Å². The Morgan fingerprint density at radius 2 is 1.90 bits per heavy atom. The predicted octanol–water partition coefficient (Wildman–Crippen LogP) is 5.50. The third-order valence-electron chi connectivity index (χ3n) is 9.15. The Morgan fingerprint density at radius 1 is 1.07 bits per heavy atom. The molecule has 5 rings (SSSR count). The van der Waals surface area contributed by atoms with E-state index in [0.717, 1.165) is 56.1 Å². The highest BCUT2D eigenvalue weighted by Crippen LogP contribution is 2.65. The quantitative estimate of drug-likeness (QED) is 0.615. The zero-order valence-corrected chi connectivity index (χ0v) is 17.6. The summed E-state index contributed by atoms with van der Waals surface area (Å²) in [6.07, 6.45) is 10.9. The first kappa shape index (κ1) is 19.5. The van der Waals surface area contributed by atoms with Gasteiger partial charge in [-0.1, -0.05) is 43.7 Å². The topological polar surface area (TPSA) is 40.5 Å². The average Bonchev–Trinajstić information content (AvgIpc) is 2.93. The number of halogens is 1. The first-order valence-corrected chi connectivity index (χ1v) is 11.3. The molecule has 0 spiro atoms. The van der Waals surface area contributed by atoms with E-state index < -0.39 is 6.10 Å². The van der Waals surface area contributed by atoms with Crippen LogP contribution in [0, 0.1) is 34.4 Å². The van der Waals surface area contributed by atoms with Gasteiger partial charge in [-0.05, 0) is 91.4 Å². The molecule has 1 aromatic rings. The summed E-state index contributed by atoms with van der Waals surface area (Å²) in [5.41, 5.74) is 3.52. The molecule has 0 aliphatic heterocycles. The maximum absolute atomic E-state index is 13.6. The van der Waals surface area contributed by atoms with Crippen LogP contribution in [-0.2, 0) is 0 Å². The molecule has 0 bridgehead atoms. The van der Waals surface area contributed by atoms with Crippen molar-refractivity contribution in [3.05, 3.63) is 52.9 Å². The van der Waals surface area contributed by atoms with Gasteiger partial charge in [0.1, 0.15) is 5.82 Å². The number of benzene rings is 1. The Kier molecular flexibility index (Phi) is 4.56. The predicted molar refractivity (Wildman–Crippen MR) is 113 cm³/mol. The van der Waals surface area contributed by atoms with E-state index in [1.54, 1.807) is 12.1 Å². The van der Waals surface area contributed by atoms with Crippen LogP contribution in [0.2, 0.25) is 0 Å². The Morgan fingerprint density at radius 3 is 2.69 bits per heavy atom. The number of rotatable bonds is 1. The third-order valence-corrected chi connectivity index (χ3v) is 9.15. The van der Waals surface area contributed by atoms with E-state index in [4.69, 9.17) is 0 Å². The van der Waals surface area contributed by atoms with Crippen LogP contribution < -0.4 is 0 Å². The molecule has 4 aliphatic carbocycles. The van der Waals surface area contributed by atoms with E-state index in [9.17, 15) is 14.6 Å². The molecule has 0 radical (unpaired) electrons. The second kappa shape index (κ2) is 6.78. The highest BCUT2D eigenvalue weighted by Gasteiger charge is 2.59. The molecule has 29 heavy (non-hydrogen) atoms. The number of aliphatic hydroxyl groups is 2. The second-order valence-corrected chi connectivity index (χ2v) is 10.6. The molecule has 3 heteroatoms. The number of fused-ring (bicyclic) bond motifs is 5. The van der Waals surface area contributed by atoms with Crippen LogP contribution in [0.4, 0.5) is 4.39 Å². The maximum atomic E-state index is 13.6. The van der Waals surface area contributed by atoms with Crippen molar-refractivity contribution in [1.29, 1.82) is 0 Å². The van der Waals surface area contributed by atoms with Gasteiger partial charge in [0, 0.05) is 5.41 Å². The lowest BCUT2D eigenvalue weighted by atomic mass is 9.48. The van der Waals surface area contributed by atoms with Gasteiger partial charge < -0.3 is 10.2 Å². The van der Waals surface area contributed by atoms with Crippen LogP contribution in [0.3, 0.4) is 0 Å². The highest BCUT2D eigenvalue weighted by molar-refractivity contribution is 5.55. The summed E-state index contributed by atoms with van der Waals surface area (Å²) in [5, 5.41) is 21.5. The second-order valence-electron chi connectivity index (χ2n) is 10.6. The minimum Gasteiger partial charge on any atom is -0.393 e. The van der Waals surface area contributed by atoms with Gasteiger partial charge >= 0.3 is 0 Å². The van der Waals surface area contributed by atoms with Gasteiger partial charge in [0.05, 0.1) is 12.2 Å². The Labute approximate surface area is 173 Å². The molecule has 4 aliphatic rings. The molecule has 1 aromatic carbocycles. The normalized spacial score (nSPS) is 45.3. The third kappa shape index (κ3) is 2.96. The maximum Gasteiger partial charge on any atom is 0.123 e. The van der Waals surface area contributed by atoms with E-state index in [0.29, 0.717) is 17.8 Å². The van der Waals surface area contributed by atoms with Crippen molar-refractivity contribution in [2.45, 2.75) is 71.0 Å². The first-order chi connectivity index (χ1) is 13.8. The molecule has 2 nitrogen and oxygen atoms in total. The standard InChI is InChI=1S/C26H33FO2/c1-25-10-8-20(28)15-18(25)6-7-21-22(25)9-11-26(2)23(21)14-17(24(26)29)12-16-4-3-5-19(27)13-16/h3-6,12-13,20-24,28-29H,7-11,14-15H2,1-2H3/b17-12+/t20-,21+,22-,23-,24-,25-,26-/m0/s1. The van der Waals surface area contributed by atoms with Crippen LogP contribution in [0.1, 0.15) is 64.4 Å². The van der Waals surface area contributed by atoms with E-state index >= 15 is 0 Å². The lowest BCUT2D eigenvalue weighted by molar-refractivity contribution is -0.0685. The summed E-state index contributed by atoms with van der Waals surface area (Å²) in [6.45, 7) is 4.70. The van der Waals surface area contributed by atoms with E-state index in [-0.39, 0.29) is 22.8 Å². The zero-order valence-electron chi connectivity index (χ0n) is 17.6. The highest BCUT2D eigenvalue weighted by atomic mass is 19.1. The Balaban J connectivity index is 1.47. The SMILES string of the molecule is C[C@]12CC[C@H]3[C@@H](CC=C4C[C@@H](O)CC[C@@]43C)[C@@H]1C/C(=C\c1cccc(F)c1)[C@@H]2O. The zero-order chi connectivity index (χ0) is 20.4. The summed E-state index contributed by atoms with van der Waals surface area (Å²) in [4.78, 5) is 0. The summed E-state index contributed by atoms with van der Waals surface area (Å²) < 4.78 is 13.6. The summed E-state index contributed by atoms with van der Waals surface area (Å²) in [6, 6.07) is 6.67. The summed E-state index contributed by atoms with van der Waals surface area (Å²) in [5.74, 6) is 1.48. The summed E-state index contributed by atoms with van der Waals surface area (Å²) >= 11 is 0. The molecule has 0 aromatic heterocycles. The van der Waals surface area contributed by atoms with Gasteiger partial charge in [0.15, 0.2) is 0 Å². The first-order valence-electron chi connectivity index (χ1n) is 11.3. The van der Waals surface area contributed by atoms with Gasteiger partial charge in [-0.3, -0.25) is 0 Å². The van der Waals surface area contributed by atoms with Crippen molar-refractivity contribution >= 4 is 6.08 Å². The number of aliphatic hydroxyl groups excluding tert-OH is 2. The summed E-state index contributed by atoms with van der Waals surface area (Å²) in [7, 11) is 0. The van der Waals surface area contributed by atoms with Gasteiger partial charge in [0.2, 0.25) is 0 Å². The molecule has 0 heterocycles.